The van der Waals surface area contributed by atoms with Gasteiger partial charge in [0.1, 0.15) is 5.82 Å². The van der Waals surface area contributed by atoms with Gasteiger partial charge in [-0.15, -0.1) is 0 Å². The maximum Gasteiger partial charge on any atom is 0.161 e. The van der Waals surface area contributed by atoms with Crippen LogP contribution in [-0.4, -0.2) is 35.9 Å². The number of ether oxygens (including phenoxy) is 2. The minimum atomic E-state index is 0.720. The predicted molar refractivity (Wildman–Crippen MR) is 94.1 cm³/mol. The van der Waals surface area contributed by atoms with Gasteiger partial charge in [-0.1, -0.05) is 6.07 Å². The van der Waals surface area contributed by atoms with Crippen LogP contribution >= 0.6 is 0 Å². The summed E-state index contributed by atoms with van der Waals surface area (Å²) in [6, 6.07) is 9.99. The molecule has 126 valence electrons. The van der Waals surface area contributed by atoms with E-state index in [1.165, 1.54) is 0 Å². The number of methoxy groups -OCH3 is 2. The molecule has 0 aliphatic rings. The van der Waals surface area contributed by atoms with E-state index in [4.69, 9.17) is 9.47 Å². The van der Waals surface area contributed by atoms with Gasteiger partial charge in [-0.2, -0.15) is 9.61 Å². The van der Waals surface area contributed by atoms with Crippen LogP contribution in [0, 0.1) is 13.8 Å². The van der Waals surface area contributed by atoms with Gasteiger partial charge < -0.3 is 14.4 Å². The molecule has 6 heteroatoms. The van der Waals surface area contributed by atoms with Crippen molar-refractivity contribution in [2.75, 3.05) is 26.2 Å². The first kappa shape index (κ1) is 16.1. The number of aryl methyl sites for hydroxylation is 2. The van der Waals surface area contributed by atoms with Crippen molar-refractivity contribution in [3.63, 3.8) is 0 Å². The molecule has 2 heterocycles. The highest BCUT2D eigenvalue weighted by atomic mass is 16.5. The van der Waals surface area contributed by atoms with Crippen molar-refractivity contribution in [3.8, 4) is 11.5 Å². The first-order valence-electron chi connectivity index (χ1n) is 7.78. The van der Waals surface area contributed by atoms with Crippen molar-refractivity contribution in [2.45, 2.75) is 20.4 Å². The highest BCUT2D eigenvalue weighted by molar-refractivity contribution is 5.52. The number of aromatic nitrogens is 3. The molecule has 0 atom stereocenters. The second-order valence-electron chi connectivity index (χ2n) is 5.86. The van der Waals surface area contributed by atoms with E-state index in [9.17, 15) is 0 Å². The van der Waals surface area contributed by atoms with Crippen LogP contribution in [0.4, 0.5) is 5.82 Å². The third-order valence-electron chi connectivity index (χ3n) is 3.92. The molecule has 0 radical (unpaired) electrons. The van der Waals surface area contributed by atoms with E-state index >= 15 is 0 Å². The number of hydrogen-bond acceptors (Lipinski definition) is 5. The molecule has 3 aromatic rings. The zero-order valence-electron chi connectivity index (χ0n) is 14.7. The zero-order chi connectivity index (χ0) is 17.3. The number of fused-ring (bicyclic) bond motifs is 1. The summed E-state index contributed by atoms with van der Waals surface area (Å²) in [5.41, 5.74) is 3.91. The molecule has 0 aliphatic carbocycles. The highest BCUT2D eigenvalue weighted by Crippen LogP contribution is 2.28. The van der Waals surface area contributed by atoms with Gasteiger partial charge in [-0.05, 0) is 31.5 Å². The summed E-state index contributed by atoms with van der Waals surface area (Å²) in [4.78, 5) is 6.68. The van der Waals surface area contributed by atoms with E-state index in [-0.39, 0.29) is 0 Å². The largest absolute Gasteiger partial charge is 0.493 e. The van der Waals surface area contributed by atoms with Crippen LogP contribution in [-0.2, 0) is 6.54 Å². The van der Waals surface area contributed by atoms with Crippen molar-refractivity contribution >= 4 is 11.5 Å². The Morgan fingerprint density at radius 1 is 1.00 bits per heavy atom. The van der Waals surface area contributed by atoms with Crippen molar-refractivity contribution in [1.82, 2.24) is 14.6 Å². The molecular formula is C18H22N4O2. The standard InChI is InChI=1S/C18H22N4O2/c1-12-9-18(22-17(19-12)8-13(2)20-22)21(3)11-14-6-7-15(23-4)16(10-14)24-5/h6-10H,11H2,1-5H3. The Labute approximate surface area is 141 Å². The van der Waals surface area contributed by atoms with Crippen LogP contribution in [0.5, 0.6) is 11.5 Å². The minimum absolute atomic E-state index is 0.720. The molecule has 24 heavy (non-hydrogen) atoms. The maximum absolute atomic E-state index is 5.39. The number of benzene rings is 1. The summed E-state index contributed by atoms with van der Waals surface area (Å²) in [5, 5.41) is 4.55. The predicted octanol–water partition coefficient (Wildman–Crippen LogP) is 3.00. The average Bonchev–Trinajstić information content (AvgIpc) is 2.93. The third-order valence-corrected chi connectivity index (χ3v) is 3.92. The topological polar surface area (TPSA) is 51.9 Å². The third kappa shape index (κ3) is 2.99. The lowest BCUT2D eigenvalue weighted by Gasteiger charge is -2.21. The molecule has 0 bridgehead atoms. The molecule has 0 amide bonds. The van der Waals surface area contributed by atoms with Gasteiger partial charge in [0.15, 0.2) is 17.1 Å². The second-order valence-corrected chi connectivity index (χ2v) is 5.86. The summed E-state index contributed by atoms with van der Waals surface area (Å²) < 4.78 is 12.6. The molecule has 0 N–H and O–H groups in total. The molecule has 0 saturated carbocycles. The quantitative estimate of drug-likeness (QED) is 0.721. The van der Waals surface area contributed by atoms with E-state index in [0.717, 1.165) is 46.5 Å². The Bertz CT molecular complexity index is 873. The lowest BCUT2D eigenvalue weighted by molar-refractivity contribution is 0.354. The van der Waals surface area contributed by atoms with Gasteiger partial charge in [0.2, 0.25) is 0 Å². The smallest absolute Gasteiger partial charge is 0.161 e. The van der Waals surface area contributed by atoms with Gasteiger partial charge in [0.05, 0.1) is 19.9 Å². The van der Waals surface area contributed by atoms with Gasteiger partial charge in [0, 0.05) is 31.4 Å². The molecule has 2 aromatic heterocycles. The Hall–Kier alpha value is -2.76. The summed E-state index contributed by atoms with van der Waals surface area (Å²) in [5.74, 6) is 2.46. The average molecular weight is 326 g/mol. The van der Waals surface area contributed by atoms with Gasteiger partial charge in [0.25, 0.3) is 0 Å². The molecule has 0 unspecified atom stereocenters. The van der Waals surface area contributed by atoms with E-state index < -0.39 is 0 Å². The number of anilines is 1. The maximum atomic E-state index is 5.39. The Balaban J connectivity index is 1.94. The van der Waals surface area contributed by atoms with Crippen molar-refractivity contribution in [1.29, 1.82) is 0 Å². The molecule has 0 spiro atoms. The highest BCUT2D eigenvalue weighted by Gasteiger charge is 2.12. The van der Waals surface area contributed by atoms with Crippen molar-refractivity contribution in [2.24, 2.45) is 0 Å². The summed E-state index contributed by atoms with van der Waals surface area (Å²) in [7, 11) is 5.33. The fourth-order valence-corrected chi connectivity index (χ4v) is 2.80. The second kappa shape index (κ2) is 6.39. The van der Waals surface area contributed by atoms with Crippen LogP contribution in [0.3, 0.4) is 0 Å². The van der Waals surface area contributed by atoms with Crippen LogP contribution < -0.4 is 14.4 Å². The van der Waals surface area contributed by atoms with E-state index in [1.54, 1.807) is 14.2 Å². The fraction of sp³-hybridized carbons (Fsp3) is 0.333. The molecule has 0 saturated heterocycles. The van der Waals surface area contributed by atoms with Crippen LogP contribution in [0.2, 0.25) is 0 Å². The van der Waals surface area contributed by atoms with E-state index in [1.807, 2.05) is 55.7 Å². The molecule has 0 aliphatic heterocycles. The molecule has 6 nitrogen and oxygen atoms in total. The van der Waals surface area contributed by atoms with Gasteiger partial charge in [-0.3, -0.25) is 0 Å². The summed E-state index contributed by atoms with van der Waals surface area (Å²) >= 11 is 0. The normalized spacial score (nSPS) is 10.9. The molecule has 3 rings (SSSR count). The lowest BCUT2D eigenvalue weighted by atomic mass is 10.2. The zero-order valence-corrected chi connectivity index (χ0v) is 14.7. The lowest BCUT2D eigenvalue weighted by Crippen LogP contribution is -2.20. The monoisotopic (exact) mass is 326 g/mol. The molecular weight excluding hydrogens is 304 g/mol. The molecule has 1 aromatic carbocycles. The fourth-order valence-electron chi connectivity index (χ4n) is 2.80. The number of rotatable bonds is 5. The number of nitrogens with zero attached hydrogens (tertiary/aromatic N) is 4. The van der Waals surface area contributed by atoms with E-state index in [2.05, 4.69) is 15.0 Å². The minimum Gasteiger partial charge on any atom is -0.493 e. The summed E-state index contributed by atoms with van der Waals surface area (Å²) in [6.45, 7) is 4.69. The van der Waals surface area contributed by atoms with Crippen LogP contribution in [0.15, 0.2) is 30.3 Å². The molecule has 0 fully saturated rings. The number of hydrogen-bond donors (Lipinski definition) is 0. The first-order valence-corrected chi connectivity index (χ1v) is 7.78. The van der Waals surface area contributed by atoms with Crippen LogP contribution in [0.25, 0.3) is 5.65 Å². The van der Waals surface area contributed by atoms with Crippen molar-refractivity contribution < 1.29 is 9.47 Å². The first-order chi connectivity index (χ1) is 11.5. The Kier molecular flexibility index (Phi) is 4.29. The van der Waals surface area contributed by atoms with Gasteiger partial charge in [-0.25, -0.2) is 4.98 Å². The van der Waals surface area contributed by atoms with Crippen molar-refractivity contribution in [3.05, 3.63) is 47.3 Å². The Morgan fingerprint density at radius 2 is 1.75 bits per heavy atom. The SMILES string of the molecule is COc1ccc(CN(C)c2cc(C)nc3cc(C)nn23)cc1OC. The van der Waals surface area contributed by atoms with E-state index in [0.29, 0.717) is 0 Å². The van der Waals surface area contributed by atoms with Crippen LogP contribution in [0.1, 0.15) is 17.0 Å². The van der Waals surface area contributed by atoms with Gasteiger partial charge >= 0.3 is 0 Å². The Morgan fingerprint density at radius 3 is 2.46 bits per heavy atom. The summed E-state index contributed by atoms with van der Waals surface area (Å²) in [6.07, 6.45) is 0.